The van der Waals surface area contributed by atoms with Gasteiger partial charge in [0.25, 0.3) is 0 Å². The summed E-state index contributed by atoms with van der Waals surface area (Å²) in [6.45, 7) is 4.40. The van der Waals surface area contributed by atoms with Crippen LogP contribution in [0, 0.1) is 0 Å². The highest BCUT2D eigenvalue weighted by molar-refractivity contribution is 5.31. The predicted molar refractivity (Wildman–Crippen MR) is 77.0 cm³/mol. The van der Waals surface area contributed by atoms with E-state index in [4.69, 9.17) is 4.74 Å². The maximum absolute atomic E-state index is 13.5. The third-order valence-corrected chi connectivity index (χ3v) is 3.77. The first-order chi connectivity index (χ1) is 11.1. The lowest BCUT2D eigenvalue weighted by Gasteiger charge is -2.34. The van der Waals surface area contributed by atoms with E-state index in [-0.39, 0.29) is 11.7 Å². The molecule has 25 heavy (non-hydrogen) atoms. The van der Waals surface area contributed by atoms with E-state index in [1.165, 1.54) is 12.1 Å². The molecule has 144 valence electrons. The van der Waals surface area contributed by atoms with E-state index in [2.05, 4.69) is 0 Å². The largest absolute Gasteiger partial charge is 0.491 e. The summed E-state index contributed by atoms with van der Waals surface area (Å²) >= 11 is 0. The summed E-state index contributed by atoms with van der Waals surface area (Å²) in [6.07, 6.45) is -7.97. The van der Waals surface area contributed by atoms with Crippen molar-refractivity contribution in [1.29, 1.82) is 0 Å². The van der Waals surface area contributed by atoms with Gasteiger partial charge < -0.3 is 9.84 Å². The van der Waals surface area contributed by atoms with Crippen molar-refractivity contribution in [3.63, 3.8) is 0 Å². The Morgan fingerprint density at radius 2 is 1.48 bits per heavy atom. The van der Waals surface area contributed by atoms with Crippen LogP contribution in [-0.4, -0.2) is 29.2 Å². The summed E-state index contributed by atoms with van der Waals surface area (Å²) in [5, 5.41) is 10.0. The number of rotatable bonds is 7. The van der Waals surface area contributed by atoms with Crippen molar-refractivity contribution in [2.75, 3.05) is 0 Å². The van der Waals surface area contributed by atoms with Gasteiger partial charge in [-0.05, 0) is 38.0 Å². The first-order valence-electron chi connectivity index (χ1n) is 7.46. The molecule has 1 aromatic carbocycles. The molecular formula is C16H19F7O2. The molecule has 9 heteroatoms. The van der Waals surface area contributed by atoms with Crippen molar-refractivity contribution in [3.8, 4) is 5.75 Å². The van der Waals surface area contributed by atoms with Crippen LogP contribution in [0.4, 0.5) is 30.7 Å². The maximum Gasteiger partial charge on any atom is 0.459 e. The van der Waals surface area contributed by atoms with Crippen LogP contribution in [0.25, 0.3) is 0 Å². The molecule has 0 aliphatic carbocycles. The van der Waals surface area contributed by atoms with E-state index in [9.17, 15) is 35.8 Å². The zero-order chi connectivity index (χ0) is 19.7. The second-order valence-corrected chi connectivity index (χ2v) is 6.09. The van der Waals surface area contributed by atoms with E-state index >= 15 is 0 Å². The predicted octanol–water partition coefficient (Wildman–Crippen LogP) is 5.29. The van der Waals surface area contributed by atoms with Gasteiger partial charge in [0.15, 0.2) is 0 Å². The molecule has 0 amide bonds. The average Bonchev–Trinajstić information content (AvgIpc) is 2.45. The summed E-state index contributed by atoms with van der Waals surface area (Å²) < 4.78 is 95.0. The molecule has 2 atom stereocenters. The lowest BCUT2D eigenvalue weighted by molar-refractivity contribution is -0.361. The molecule has 1 N–H and O–H groups in total. The average molecular weight is 376 g/mol. The van der Waals surface area contributed by atoms with Gasteiger partial charge in [-0.15, -0.1) is 0 Å². The van der Waals surface area contributed by atoms with E-state index in [0.29, 0.717) is 12.2 Å². The number of ether oxygens (including phenoxy) is 1. The van der Waals surface area contributed by atoms with Gasteiger partial charge in [-0.1, -0.05) is 19.1 Å². The smallest absolute Gasteiger partial charge is 0.459 e. The van der Waals surface area contributed by atoms with Gasteiger partial charge in [-0.2, -0.15) is 30.7 Å². The fourth-order valence-corrected chi connectivity index (χ4v) is 2.06. The van der Waals surface area contributed by atoms with Gasteiger partial charge in [-0.25, -0.2) is 0 Å². The number of hydrogen-bond acceptors (Lipinski definition) is 2. The Morgan fingerprint density at radius 3 is 1.88 bits per heavy atom. The number of aliphatic hydroxyl groups is 1. The zero-order valence-electron chi connectivity index (χ0n) is 13.8. The molecule has 2 nitrogen and oxygen atoms in total. The fraction of sp³-hybridized carbons (Fsp3) is 0.625. The maximum atomic E-state index is 13.5. The van der Waals surface area contributed by atoms with Crippen molar-refractivity contribution in [2.45, 2.75) is 63.3 Å². The third kappa shape index (κ3) is 4.77. The Labute approximate surface area is 140 Å². The third-order valence-electron chi connectivity index (χ3n) is 3.77. The van der Waals surface area contributed by atoms with Crippen molar-refractivity contribution in [1.82, 2.24) is 0 Å². The molecule has 1 aromatic rings. The number of hydrogen-bond donors (Lipinski definition) is 1. The Morgan fingerprint density at radius 1 is 1.00 bits per heavy atom. The molecule has 2 unspecified atom stereocenters. The van der Waals surface area contributed by atoms with Crippen LogP contribution in [0.1, 0.15) is 39.2 Å². The molecule has 0 aliphatic heterocycles. The monoisotopic (exact) mass is 376 g/mol. The second-order valence-electron chi connectivity index (χ2n) is 6.09. The van der Waals surface area contributed by atoms with Crippen LogP contribution in [0.5, 0.6) is 5.75 Å². The second kappa shape index (κ2) is 7.01. The minimum Gasteiger partial charge on any atom is -0.491 e. The van der Waals surface area contributed by atoms with Gasteiger partial charge in [0.05, 0.1) is 18.1 Å². The topological polar surface area (TPSA) is 29.5 Å². The zero-order valence-corrected chi connectivity index (χ0v) is 13.8. The summed E-state index contributed by atoms with van der Waals surface area (Å²) in [6, 6.07) is 4.91. The summed E-state index contributed by atoms with van der Waals surface area (Å²) in [5.74, 6) is -11.4. The molecule has 0 spiro atoms. The summed E-state index contributed by atoms with van der Waals surface area (Å²) in [5.41, 5.74) is -2.84. The van der Waals surface area contributed by atoms with E-state index < -0.39 is 30.0 Å². The minimum absolute atomic E-state index is 0.138. The number of alkyl halides is 7. The number of benzene rings is 1. The Bertz CT molecular complexity index is 565. The van der Waals surface area contributed by atoms with E-state index in [0.717, 1.165) is 19.1 Å². The van der Waals surface area contributed by atoms with Crippen LogP contribution < -0.4 is 4.74 Å². The lowest BCUT2D eigenvalue weighted by atomic mass is 9.87. The fourth-order valence-electron chi connectivity index (χ4n) is 2.06. The van der Waals surface area contributed by atoms with E-state index in [1.54, 1.807) is 6.92 Å². The Hall–Kier alpha value is -1.51. The van der Waals surface area contributed by atoms with Gasteiger partial charge in [0.1, 0.15) is 5.75 Å². The van der Waals surface area contributed by atoms with Gasteiger partial charge in [0, 0.05) is 0 Å². The van der Waals surface area contributed by atoms with Crippen LogP contribution in [0.3, 0.4) is 0 Å². The molecule has 0 saturated carbocycles. The summed E-state index contributed by atoms with van der Waals surface area (Å²) in [7, 11) is 0. The van der Waals surface area contributed by atoms with Crippen molar-refractivity contribution < 1.29 is 40.6 Å². The highest BCUT2D eigenvalue weighted by Gasteiger charge is 2.73. The Balaban J connectivity index is 3.01. The molecule has 0 saturated heterocycles. The van der Waals surface area contributed by atoms with Crippen LogP contribution in [0.15, 0.2) is 24.3 Å². The van der Waals surface area contributed by atoms with Crippen molar-refractivity contribution >= 4 is 0 Å². The normalized spacial score (nSPS) is 17.1. The quantitative estimate of drug-likeness (QED) is 0.655. The SMILES string of the molecule is CCC(C)Oc1ccc(C(C)(O)CC(F)(F)C(F)(F)C(F)(F)F)cc1. The van der Waals surface area contributed by atoms with Crippen LogP contribution in [-0.2, 0) is 5.60 Å². The van der Waals surface area contributed by atoms with Gasteiger partial charge >= 0.3 is 18.0 Å². The van der Waals surface area contributed by atoms with Gasteiger partial charge in [-0.3, -0.25) is 0 Å². The molecule has 0 aromatic heterocycles. The molecule has 0 heterocycles. The lowest BCUT2D eigenvalue weighted by Crippen LogP contribution is -2.54. The minimum atomic E-state index is -6.43. The summed E-state index contributed by atoms with van der Waals surface area (Å²) in [4.78, 5) is 0. The number of halogens is 7. The van der Waals surface area contributed by atoms with E-state index in [1.807, 2.05) is 6.92 Å². The van der Waals surface area contributed by atoms with Crippen LogP contribution in [0.2, 0.25) is 0 Å². The first-order valence-corrected chi connectivity index (χ1v) is 7.46. The Kier molecular flexibility index (Phi) is 6.04. The van der Waals surface area contributed by atoms with Crippen molar-refractivity contribution in [2.24, 2.45) is 0 Å². The first kappa shape index (κ1) is 21.5. The highest BCUT2D eigenvalue weighted by Crippen LogP contribution is 2.50. The van der Waals surface area contributed by atoms with Crippen LogP contribution >= 0.6 is 0 Å². The van der Waals surface area contributed by atoms with Crippen molar-refractivity contribution in [3.05, 3.63) is 29.8 Å². The molecule has 0 bridgehead atoms. The standard InChI is InChI=1S/C16H19F7O2/c1-4-10(2)25-12-7-5-11(6-8-12)13(3,24)9-14(17,18)15(19,20)16(21,22)23/h5-8,10,24H,4,9H2,1-3H3. The molecule has 1 rings (SSSR count). The molecule has 0 radical (unpaired) electrons. The highest BCUT2D eigenvalue weighted by atomic mass is 19.4. The van der Waals surface area contributed by atoms with Gasteiger partial charge in [0.2, 0.25) is 0 Å². The molecule has 0 aliphatic rings. The molecular weight excluding hydrogens is 357 g/mol. The molecule has 0 fully saturated rings.